The number of benzene rings is 1. The summed E-state index contributed by atoms with van der Waals surface area (Å²) in [4.78, 5) is 11.8. The zero-order valence-corrected chi connectivity index (χ0v) is 13.6. The average molecular weight is 340 g/mol. The number of hydrogen-bond donors (Lipinski definition) is 2. The van der Waals surface area contributed by atoms with Crippen LogP contribution in [0.4, 0.5) is 0 Å². The summed E-state index contributed by atoms with van der Waals surface area (Å²) in [6.45, 7) is 3.51. The van der Waals surface area contributed by atoms with Gasteiger partial charge in [0.25, 0.3) is 5.95 Å². The molecule has 1 aromatic carbocycles. The average Bonchev–Trinajstić information content (AvgIpc) is 2.50. The standard InChI is InChI=1S/C15H18ClN3O4/c1-3-22-14(20)12(15(21)23-4-2)13(17)19-18-9-10-7-5-6-8-11(10)16/h5-9,20H,3-4H2,1-2H3,(H2,17,19)/b14-12-,18-9+. The maximum Gasteiger partial charge on any atom is 0.349 e. The Labute approximate surface area is 139 Å². The summed E-state index contributed by atoms with van der Waals surface area (Å²) in [5.74, 6) is -1.86. The Kier molecular flexibility index (Phi) is 7.62. The number of rotatable bonds is 7. The van der Waals surface area contributed by atoms with Crippen molar-refractivity contribution in [2.45, 2.75) is 13.8 Å². The van der Waals surface area contributed by atoms with E-state index in [9.17, 15) is 9.90 Å². The Morgan fingerprint density at radius 2 is 1.96 bits per heavy atom. The van der Waals surface area contributed by atoms with Crippen molar-refractivity contribution in [3.05, 3.63) is 46.4 Å². The first kappa shape index (κ1) is 18.5. The van der Waals surface area contributed by atoms with Gasteiger partial charge in [-0.1, -0.05) is 29.8 Å². The number of carbonyl (C=O) groups is 1. The van der Waals surface area contributed by atoms with Gasteiger partial charge in [0, 0.05) is 10.6 Å². The van der Waals surface area contributed by atoms with E-state index in [1.165, 1.54) is 6.21 Å². The fourth-order valence-electron chi connectivity index (χ4n) is 1.50. The van der Waals surface area contributed by atoms with Crippen LogP contribution in [0.25, 0.3) is 0 Å². The van der Waals surface area contributed by atoms with Gasteiger partial charge in [0.15, 0.2) is 11.4 Å². The van der Waals surface area contributed by atoms with E-state index in [1.54, 1.807) is 38.1 Å². The van der Waals surface area contributed by atoms with Crippen molar-refractivity contribution < 1.29 is 19.4 Å². The van der Waals surface area contributed by atoms with E-state index >= 15 is 0 Å². The van der Waals surface area contributed by atoms with Gasteiger partial charge < -0.3 is 20.3 Å². The first-order valence-electron chi connectivity index (χ1n) is 6.85. The Balaban J connectivity index is 3.05. The smallest absolute Gasteiger partial charge is 0.349 e. The van der Waals surface area contributed by atoms with Gasteiger partial charge >= 0.3 is 5.97 Å². The van der Waals surface area contributed by atoms with Crippen molar-refractivity contribution in [1.82, 2.24) is 0 Å². The summed E-state index contributed by atoms with van der Waals surface area (Å²) in [6.07, 6.45) is 1.37. The van der Waals surface area contributed by atoms with Crippen LogP contribution in [0, 0.1) is 0 Å². The lowest BCUT2D eigenvalue weighted by Gasteiger charge is -2.08. The van der Waals surface area contributed by atoms with Crippen molar-refractivity contribution in [2.24, 2.45) is 15.9 Å². The number of esters is 1. The lowest BCUT2D eigenvalue weighted by Crippen LogP contribution is -2.25. The summed E-state index contributed by atoms with van der Waals surface area (Å²) < 4.78 is 9.68. The van der Waals surface area contributed by atoms with E-state index in [-0.39, 0.29) is 24.6 Å². The lowest BCUT2D eigenvalue weighted by molar-refractivity contribution is -0.138. The topological polar surface area (TPSA) is 107 Å². The largest absolute Gasteiger partial charge is 0.480 e. The second-order valence-corrected chi connectivity index (χ2v) is 4.49. The van der Waals surface area contributed by atoms with Gasteiger partial charge in [0.05, 0.1) is 19.4 Å². The summed E-state index contributed by atoms with van der Waals surface area (Å²) in [7, 11) is 0. The molecule has 0 amide bonds. The molecular formula is C15H18ClN3O4. The van der Waals surface area contributed by atoms with Crippen LogP contribution >= 0.6 is 11.6 Å². The quantitative estimate of drug-likeness (QED) is 0.198. The van der Waals surface area contributed by atoms with Crippen LogP contribution in [0.5, 0.6) is 0 Å². The summed E-state index contributed by atoms with van der Waals surface area (Å²) in [5, 5.41) is 17.7. The molecule has 0 atom stereocenters. The molecule has 3 N–H and O–H groups in total. The van der Waals surface area contributed by atoms with E-state index in [2.05, 4.69) is 10.2 Å². The van der Waals surface area contributed by atoms with E-state index in [1.807, 2.05) is 0 Å². The number of nitrogens with zero attached hydrogens (tertiary/aromatic N) is 2. The van der Waals surface area contributed by atoms with Crippen molar-refractivity contribution >= 4 is 29.6 Å². The van der Waals surface area contributed by atoms with Crippen LogP contribution < -0.4 is 5.73 Å². The minimum absolute atomic E-state index is 0.109. The van der Waals surface area contributed by atoms with Crippen molar-refractivity contribution in [3.63, 3.8) is 0 Å². The molecule has 0 heterocycles. The lowest BCUT2D eigenvalue weighted by atomic mass is 10.2. The monoisotopic (exact) mass is 339 g/mol. The molecule has 0 bridgehead atoms. The number of amidine groups is 1. The Hall–Kier alpha value is -2.54. The summed E-state index contributed by atoms with van der Waals surface area (Å²) in [6, 6.07) is 6.99. The third-order valence-corrected chi connectivity index (χ3v) is 2.84. The Morgan fingerprint density at radius 1 is 1.30 bits per heavy atom. The summed E-state index contributed by atoms with van der Waals surface area (Å²) >= 11 is 5.97. The second kappa shape index (κ2) is 9.47. The van der Waals surface area contributed by atoms with Crippen LogP contribution in [0.1, 0.15) is 19.4 Å². The molecule has 0 spiro atoms. The highest BCUT2D eigenvalue weighted by atomic mass is 35.5. The molecule has 0 saturated carbocycles. The molecule has 1 rings (SSSR count). The molecule has 8 heteroatoms. The molecule has 0 aliphatic heterocycles. The maximum atomic E-state index is 11.8. The van der Waals surface area contributed by atoms with Gasteiger partial charge in [-0.3, -0.25) is 0 Å². The zero-order chi connectivity index (χ0) is 17.2. The second-order valence-electron chi connectivity index (χ2n) is 4.08. The SMILES string of the molecule is CCOC(=O)C(/C(N)=N/N=C/c1ccccc1Cl)=C(/O)OCC. The van der Waals surface area contributed by atoms with Gasteiger partial charge in [-0.05, 0) is 19.9 Å². The third-order valence-electron chi connectivity index (χ3n) is 2.50. The van der Waals surface area contributed by atoms with Crippen LogP contribution in [0.2, 0.25) is 5.02 Å². The minimum atomic E-state index is -0.854. The van der Waals surface area contributed by atoms with Crippen LogP contribution in [0.15, 0.2) is 46.0 Å². The van der Waals surface area contributed by atoms with Gasteiger partial charge in [0.2, 0.25) is 0 Å². The van der Waals surface area contributed by atoms with E-state index in [0.717, 1.165) is 0 Å². The van der Waals surface area contributed by atoms with E-state index in [4.69, 9.17) is 26.8 Å². The molecule has 124 valence electrons. The molecule has 0 radical (unpaired) electrons. The molecule has 1 aromatic rings. The Bertz CT molecular complexity index is 641. The highest BCUT2D eigenvalue weighted by Gasteiger charge is 2.22. The molecule has 0 aromatic heterocycles. The maximum absolute atomic E-state index is 11.8. The molecule has 23 heavy (non-hydrogen) atoms. The van der Waals surface area contributed by atoms with E-state index < -0.39 is 11.9 Å². The number of ether oxygens (including phenoxy) is 2. The van der Waals surface area contributed by atoms with Crippen molar-refractivity contribution in [3.8, 4) is 0 Å². The molecule has 0 unspecified atom stereocenters. The predicted octanol–water partition coefficient (Wildman–Crippen LogP) is 2.40. The fourth-order valence-corrected chi connectivity index (χ4v) is 1.68. The molecule has 0 aliphatic carbocycles. The number of hydrogen-bond acceptors (Lipinski definition) is 6. The van der Waals surface area contributed by atoms with Gasteiger partial charge in [0.1, 0.15) is 0 Å². The molecule has 0 fully saturated rings. The number of halogens is 1. The van der Waals surface area contributed by atoms with Crippen LogP contribution in [-0.2, 0) is 14.3 Å². The zero-order valence-electron chi connectivity index (χ0n) is 12.8. The first-order valence-corrected chi connectivity index (χ1v) is 7.23. The van der Waals surface area contributed by atoms with Crippen LogP contribution in [-0.4, -0.2) is 36.3 Å². The Morgan fingerprint density at radius 3 is 2.57 bits per heavy atom. The third kappa shape index (κ3) is 5.63. The van der Waals surface area contributed by atoms with Crippen molar-refractivity contribution in [2.75, 3.05) is 13.2 Å². The van der Waals surface area contributed by atoms with Gasteiger partial charge in [-0.2, -0.15) is 5.10 Å². The predicted molar refractivity (Wildman–Crippen MR) is 88.6 cm³/mol. The van der Waals surface area contributed by atoms with E-state index in [0.29, 0.717) is 10.6 Å². The van der Waals surface area contributed by atoms with Gasteiger partial charge in [-0.25, -0.2) is 4.79 Å². The van der Waals surface area contributed by atoms with Crippen LogP contribution in [0.3, 0.4) is 0 Å². The number of carbonyl (C=O) groups excluding carboxylic acids is 1. The minimum Gasteiger partial charge on any atom is -0.480 e. The highest BCUT2D eigenvalue weighted by Crippen LogP contribution is 2.12. The molecular weight excluding hydrogens is 322 g/mol. The van der Waals surface area contributed by atoms with Gasteiger partial charge in [-0.15, -0.1) is 5.10 Å². The van der Waals surface area contributed by atoms with Crippen molar-refractivity contribution in [1.29, 1.82) is 0 Å². The molecule has 0 aliphatic rings. The number of aliphatic hydroxyl groups is 1. The summed E-state index contributed by atoms with van der Waals surface area (Å²) in [5.41, 5.74) is 5.93. The highest BCUT2D eigenvalue weighted by molar-refractivity contribution is 6.33. The molecule has 7 nitrogen and oxygen atoms in total. The number of nitrogens with two attached hydrogens (primary N) is 1. The molecule has 0 saturated heterocycles. The number of aliphatic hydroxyl groups excluding tert-OH is 1. The fraction of sp³-hybridized carbons (Fsp3) is 0.267. The normalized spacial score (nSPS) is 12.9. The first-order chi connectivity index (χ1) is 11.0.